The minimum Gasteiger partial charge on any atom is -0.497 e. The van der Waals surface area contributed by atoms with E-state index in [1.807, 2.05) is 24.3 Å². The lowest BCUT2D eigenvalue weighted by molar-refractivity contribution is 0.160. The molecule has 1 aliphatic carbocycles. The predicted octanol–water partition coefficient (Wildman–Crippen LogP) is 4.58. The van der Waals surface area contributed by atoms with Crippen LogP contribution in [-0.4, -0.2) is 30.6 Å². The van der Waals surface area contributed by atoms with Gasteiger partial charge in [0.1, 0.15) is 11.5 Å². The van der Waals surface area contributed by atoms with E-state index < -0.39 is 0 Å². The van der Waals surface area contributed by atoms with Crippen LogP contribution >= 0.6 is 0 Å². The summed E-state index contributed by atoms with van der Waals surface area (Å²) in [6, 6.07) is 16.3. The van der Waals surface area contributed by atoms with Crippen LogP contribution in [0.3, 0.4) is 0 Å². The monoisotopic (exact) mass is 391 g/mol. The van der Waals surface area contributed by atoms with Crippen LogP contribution in [-0.2, 0) is 6.54 Å². The first kappa shape index (κ1) is 19.4. The number of hydrogen-bond donors (Lipinski definition) is 1. The van der Waals surface area contributed by atoms with Gasteiger partial charge in [-0.3, -0.25) is 0 Å². The largest absolute Gasteiger partial charge is 0.497 e. The number of ether oxygens (including phenoxy) is 2. The molecule has 5 nitrogen and oxygen atoms in total. The van der Waals surface area contributed by atoms with Gasteiger partial charge in [0.25, 0.3) is 0 Å². The first-order valence-corrected chi connectivity index (χ1v) is 10.3. The predicted molar refractivity (Wildman–Crippen MR) is 117 cm³/mol. The molecule has 0 atom stereocenters. The first-order valence-electron chi connectivity index (χ1n) is 10.3. The van der Waals surface area contributed by atoms with Gasteiger partial charge >= 0.3 is 0 Å². The van der Waals surface area contributed by atoms with Gasteiger partial charge in [0.15, 0.2) is 5.96 Å². The van der Waals surface area contributed by atoms with E-state index in [2.05, 4.69) is 35.2 Å². The molecule has 152 valence electrons. The van der Waals surface area contributed by atoms with E-state index in [1.165, 1.54) is 24.8 Å². The average molecular weight is 392 g/mol. The summed E-state index contributed by atoms with van der Waals surface area (Å²) in [4.78, 5) is 7.15. The van der Waals surface area contributed by atoms with E-state index in [0.29, 0.717) is 5.96 Å². The van der Waals surface area contributed by atoms with E-state index in [9.17, 15) is 0 Å². The molecule has 1 aliphatic heterocycles. The SMILES string of the molecule is COc1ccc(/C=C2\N=C(N)N(Cc3ccc(OC)cc3)C23CCCCC3)cc1. The van der Waals surface area contributed by atoms with Crippen LogP contribution in [0.2, 0.25) is 0 Å². The summed E-state index contributed by atoms with van der Waals surface area (Å²) in [6.45, 7) is 0.749. The second-order valence-electron chi connectivity index (χ2n) is 7.80. The van der Waals surface area contributed by atoms with Crippen molar-refractivity contribution < 1.29 is 9.47 Å². The summed E-state index contributed by atoms with van der Waals surface area (Å²) >= 11 is 0. The number of guanidine groups is 1. The zero-order valence-corrected chi connectivity index (χ0v) is 17.2. The third-order valence-electron chi connectivity index (χ3n) is 6.10. The van der Waals surface area contributed by atoms with E-state index >= 15 is 0 Å². The van der Waals surface area contributed by atoms with Crippen molar-refractivity contribution in [2.24, 2.45) is 10.7 Å². The molecule has 2 N–H and O–H groups in total. The van der Waals surface area contributed by atoms with Gasteiger partial charge in [-0.25, -0.2) is 4.99 Å². The number of nitrogens with two attached hydrogens (primary N) is 1. The molecule has 0 unspecified atom stereocenters. The normalized spacial score (nSPS) is 19.4. The summed E-state index contributed by atoms with van der Waals surface area (Å²) in [6.07, 6.45) is 8.01. The van der Waals surface area contributed by atoms with Crippen LogP contribution in [0.4, 0.5) is 0 Å². The fourth-order valence-electron chi connectivity index (χ4n) is 4.48. The Balaban J connectivity index is 1.66. The molecule has 0 aromatic heterocycles. The fraction of sp³-hybridized carbons (Fsp3) is 0.375. The Kier molecular flexibility index (Phi) is 5.47. The average Bonchev–Trinajstić information content (AvgIpc) is 3.00. The third kappa shape index (κ3) is 3.82. The van der Waals surface area contributed by atoms with Crippen LogP contribution in [0.25, 0.3) is 6.08 Å². The van der Waals surface area contributed by atoms with Gasteiger partial charge in [-0.2, -0.15) is 0 Å². The standard InChI is InChI=1S/C24H29N3O2/c1-28-20-10-6-18(7-11-20)16-22-24(14-4-3-5-15-24)27(23(25)26-22)17-19-8-12-21(29-2)13-9-19/h6-13,16H,3-5,14-15,17H2,1-2H3,(H2,25,26)/b22-16-. The Bertz CT molecular complexity index is 895. The molecule has 2 aliphatic rings. The molecule has 29 heavy (non-hydrogen) atoms. The molecular weight excluding hydrogens is 362 g/mol. The minimum atomic E-state index is -0.123. The number of rotatable bonds is 5. The second kappa shape index (κ2) is 8.19. The molecule has 2 aromatic rings. The van der Waals surface area contributed by atoms with E-state index in [4.69, 9.17) is 20.2 Å². The van der Waals surface area contributed by atoms with Gasteiger partial charge in [0.05, 0.1) is 25.5 Å². The smallest absolute Gasteiger partial charge is 0.197 e. The zero-order valence-electron chi connectivity index (χ0n) is 17.2. The second-order valence-corrected chi connectivity index (χ2v) is 7.80. The van der Waals surface area contributed by atoms with Crippen molar-refractivity contribution >= 4 is 12.0 Å². The number of nitrogens with zero attached hydrogens (tertiary/aromatic N) is 2. The molecule has 1 saturated carbocycles. The lowest BCUT2D eigenvalue weighted by Gasteiger charge is -2.43. The maximum Gasteiger partial charge on any atom is 0.197 e. The lowest BCUT2D eigenvalue weighted by atomic mass is 9.78. The van der Waals surface area contributed by atoms with Crippen LogP contribution in [0, 0.1) is 0 Å². The van der Waals surface area contributed by atoms with Gasteiger partial charge in [-0.05, 0) is 54.3 Å². The Labute approximate surface area is 172 Å². The highest BCUT2D eigenvalue weighted by Crippen LogP contribution is 2.45. The zero-order chi connectivity index (χ0) is 20.3. The Hall–Kier alpha value is -2.95. The highest BCUT2D eigenvalue weighted by molar-refractivity contribution is 5.85. The van der Waals surface area contributed by atoms with Crippen molar-refractivity contribution in [3.05, 3.63) is 65.4 Å². The van der Waals surface area contributed by atoms with Crippen molar-refractivity contribution in [3.63, 3.8) is 0 Å². The summed E-state index contributed by atoms with van der Waals surface area (Å²) in [5.74, 6) is 2.34. The molecule has 1 fully saturated rings. The molecule has 0 radical (unpaired) electrons. The summed E-state index contributed by atoms with van der Waals surface area (Å²) in [7, 11) is 3.37. The first-order chi connectivity index (χ1) is 14.1. The van der Waals surface area contributed by atoms with Crippen LogP contribution in [0.1, 0.15) is 43.2 Å². The Morgan fingerprint density at radius 1 is 0.931 bits per heavy atom. The lowest BCUT2D eigenvalue weighted by Crippen LogP contribution is -2.51. The number of methoxy groups -OCH3 is 2. The van der Waals surface area contributed by atoms with E-state index in [0.717, 1.165) is 42.1 Å². The van der Waals surface area contributed by atoms with Crippen LogP contribution < -0.4 is 15.2 Å². The van der Waals surface area contributed by atoms with Crippen molar-refractivity contribution in [1.29, 1.82) is 0 Å². The number of hydrogen-bond acceptors (Lipinski definition) is 5. The van der Waals surface area contributed by atoms with E-state index in [-0.39, 0.29) is 5.54 Å². The molecule has 0 amide bonds. The maximum absolute atomic E-state index is 6.47. The van der Waals surface area contributed by atoms with Gasteiger partial charge in [-0.15, -0.1) is 0 Å². The van der Waals surface area contributed by atoms with Gasteiger partial charge < -0.3 is 20.1 Å². The maximum atomic E-state index is 6.47. The number of aliphatic imine (C=N–C) groups is 1. The van der Waals surface area contributed by atoms with Crippen molar-refractivity contribution in [1.82, 2.24) is 4.90 Å². The van der Waals surface area contributed by atoms with Crippen LogP contribution in [0.5, 0.6) is 11.5 Å². The molecule has 0 bridgehead atoms. The van der Waals surface area contributed by atoms with Crippen molar-refractivity contribution in [3.8, 4) is 11.5 Å². The summed E-state index contributed by atoms with van der Waals surface area (Å²) < 4.78 is 10.6. The van der Waals surface area contributed by atoms with Gasteiger partial charge in [0.2, 0.25) is 0 Å². The van der Waals surface area contributed by atoms with Crippen molar-refractivity contribution in [2.45, 2.75) is 44.2 Å². The molecule has 1 heterocycles. The molecule has 2 aromatic carbocycles. The van der Waals surface area contributed by atoms with Crippen molar-refractivity contribution in [2.75, 3.05) is 14.2 Å². The summed E-state index contributed by atoms with van der Waals surface area (Å²) in [5.41, 5.74) is 9.75. The quantitative estimate of drug-likeness (QED) is 0.811. The summed E-state index contributed by atoms with van der Waals surface area (Å²) in [5, 5.41) is 0. The highest BCUT2D eigenvalue weighted by atomic mass is 16.5. The fourth-order valence-corrected chi connectivity index (χ4v) is 4.48. The Morgan fingerprint density at radius 3 is 2.10 bits per heavy atom. The third-order valence-corrected chi connectivity index (χ3v) is 6.10. The van der Waals surface area contributed by atoms with Crippen LogP contribution in [0.15, 0.2) is 59.2 Å². The molecule has 0 saturated heterocycles. The van der Waals surface area contributed by atoms with Gasteiger partial charge in [-0.1, -0.05) is 43.5 Å². The molecule has 4 rings (SSSR count). The number of benzene rings is 2. The molecule has 5 heteroatoms. The van der Waals surface area contributed by atoms with Gasteiger partial charge in [0, 0.05) is 6.54 Å². The topological polar surface area (TPSA) is 60.1 Å². The Morgan fingerprint density at radius 2 is 1.52 bits per heavy atom. The minimum absolute atomic E-state index is 0.123. The highest BCUT2D eigenvalue weighted by Gasteiger charge is 2.46. The molecular formula is C24H29N3O2. The van der Waals surface area contributed by atoms with E-state index in [1.54, 1.807) is 14.2 Å². The molecule has 1 spiro atoms.